The number of oxime groups is 1. The number of furan rings is 1. The summed E-state index contributed by atoms with van der Waals surface area (Å²) in [5, 5.41) is 12.8. The summed E-state index contributed by atoms with van der Waals surface area (Å²) in [7, 11) is 1.54. The summed E-state index contributed by atoms with van der Waals surface area (Å²) in [5.74, 6) is 0.265. The van der Waals surface area contributed by atoms with Crippen molar-refractivity contribution >= 4 is 17.5 Å². The number of nitrogens with one attached hydrogen (secondary N) is 2. The van der Waals surface area contributed by atoms with Gasteiger partial charge in [0.15, 0.2) is 5.76 Å². The van der Waals surface area contributed by atoms with Crippen molar-refractivity contribution in [2.24, 2.45) is 10.6 Å². The number of nitrogens with zero attached hydrogens (tertiary/aromatic N) is 1. The van der Waals surface area contributed by atoms with Crippen molar-refractivity contribution in [3.05, 3.63) is 52.5 Å². The fourth-order valence-electron chi connectivity index (χ4n) is 3.40. The van der Waals surface area contributed by atoms with Crippen LogP contribution in [0.15, 0.2) is 33.8 Å². The van der Waals surface area contributed by atoms with Crippen LogP contribution in [0.4, 0.5) is 0 Å². The number of hydrogen-bond acceptors (Lipinski definition) is 6. The molecule has 8 nitrogen and oxygen atoms in total. The Kier molecular flexibility index (Phi) is 5.13. The van der Waals surface area contributed by atoms with Crippen LogP contribution in [0.5, 0.6) is 5.75 Å². The van der Waals surface area contributed by atoms with Crippen molar-refractivity contribution in [2.45, 2.75) is 33.6 Å². The molecule has 0 fully saturated rings. The highest BCUT2D eigenvalue weighted by Gasteiger charge is 2.36. The van der Waals surface area contributed by atoms with Crippen molar-refractivity contribution in [2.75, 3.05) is 7.11 Å². The zero-order valence-electron chi connectivity index (χ0n) is 16.3. The molecule has 3 N–H and O–H groups in total. The Morgan fingerprint density at radius 3 is 2.39 bits per heavy atom. The predicted octanol–water partition coefficient (Wildman–Crippen LogP) is 2.82. The quantitative estimate of drug-likeness (QED) is 0.555. The number of carbonyl (C=O) groups excluding carboxylic acids is 2. The van der Waals surface area contributed by atoms with Gasteiger partial charge in [-0.2, -0.15) is 0 Å². The highest BCUT2D eigenvalue weighted by atomic mass is 16.5. The Hall–Kier alpha value is -3.29. The van der Waals surface area contributed by atoms with Crippen molar-refractivity contribution in [3.8, 4) is 5.75 Å². The van der Waals surface area contributed by atoms with Gasteiger partial charge in [-0.15, -0.1) is 0 Å². The molecule has 0 saturated carbocycles. The molecular formula is C20H23N3O5. The van der Waals surface area contributed by atoms with Gasteiger partial charge in [-0.3, -0.25) is 20.4 Å². The van der Waals surface area contributed by atoms with E-state index in [0.29, 0.717) is 46.8 Å². The molecule has 2 aromatic rings. The average Bonchev–Trinajstić information content (AvgIpc) is 3.00. The van der Waals surface area contributed by atoms with Crippen molar-refractivity contribution in [3.63, 3.8) is 0 Å². The summed E-state index contributed by atoms with van der Waals surface area (Å²) in [5.41, 5.74) is 6.69. The zero-order chi connectivity index (χ0) is 20.5. The van der Waals surface area contributed by atoms with E-state index in [0.717, 1.165) is 0 Å². The van der Waals surface area contributed by atoms with Gasteiger partial charge >= 0.3 is 5.91 Å². The summed E-state index contributed by atoms with van der Waals surface area (Å²) in [6.45, 7) is 5.80. The maximum atomic E-state index is 12.5. The molecule has 148 valence electrons. The minimum absolute atomic E-state index is 0.0823. The lowest BCUT2D eigenvalue weighted by Gasteiger charge is -2.28. The average molecular weight is 385 g/mol. The Morgan fingerprint density at radius 1 is 1.14 bits per heavy atom. The Labute approximate surface area is 162 Å². The predicted molar refractivity (Wildman–Crippen MR) is 102 cm³/mol. The first kappa shape index (κ1) is 19.5. The van der Waals surface area contributed by atoms with Gasteiger partial charge in [-0.05, 0) is 43.0 Å². The largest absolute Gasteiger partial charge is 0.497 e. The number of hydrogen-bond donors (Lipinski definition) is 3. The second-order valence-corrected chi connectivity index (χ2v) is 7.56. The van der Waals surface area contributed by atoms with E-state index < -0.39 is 11.8 Å². The monoisotopic (exact) mass is 385 g/mol. The molecule has 0 radical (unpaired) electrons. The van der Waals surface area contributed by atoms with E-state index in [-0.39, 0.29) is 11.2 Å². The third-order valence-corrected chi connectivity index (χ3v) is 4.76. The van der Waals surface area contributed by atoms with E-state index in [2.05, 4.69) is 16.0 Å². The van der Waals surface area contributed by atoms with Crippen LogP contribution in [0.25, 0.3) is 0 Å². The Bertz CT molecular complexity index is 941. The Morgan fingerprint density at radius 2 is 1.79 bits per heavy atom. The van der Waals surface area contributed by atoms with Gasteiger partial charge in [0.1, 0.15) is 11.5 Å². The topological polar surface area (TPSA) is 113 Å². The third-order valence-electron chi connectivity index (χ3n) is 4.76. The molecule has 1 aliphatic carbocycles. The minimum Gasteiger partial charge on any atom is -0.497 e. The number of ether oxygens (including phenoxy) is 1. The molecule has 0 unspecified atom stereocenters. The van der Waals surface area contributed by atoms with Crippen molar-refractivity contribution < 1.29 is 24.0 Å². The molecule has 8 heteroatoms. The number of carbonyl (C=O) groups is 2. The first-order chi connectivity index (χ1) is 13.3. The molecule has 0 spiro atoms. The van der Waals surface area contributed by atoms with Crippen LogP contribution in [-0.4, -0.2) is 29.8 Å². The van der Waals surface area contributed by atoms with E-state index in [1.54, 1.807) is 31.2 Å². The molecule has 1 aromatic carbocycles. The molecular weight excluding hydrogens is 362 g/mol. The third kappa shape index (κ3) is 3.71. The summed E-state index contributed by atoms with van der Waals surface area (Å²) >= 11 is 0. The normalized spacial score (nSPS) is 16.4. The molecule has 3 rings (SSSR count). The van der Waals surface area contributed by atoms with Crippen LogP contribution in [0.1, 0.15) is 58.1 Å². The van der Waals surface area contributed by atoms with Crippen LogP contribution in [-0.2, 0) is 6.42 Å². The molecule has 28 heavy (non-hydrogen) atoms. The molecule has 1 aliphatic rings. The van der Waals surface area contributed by atoms with Crippen molar-refractivity contribution in [1.82, 2.24) is 10.9 Å². The fraction of sp³-hybridized carbons (Fsp3) is 0.350. The lowest BCUT2D eigenvalue weighted by molar-refractivity contribution is 0.0828. The number of hydrazine groups is 1. The van der Waals surface area contributed by atoms with Crippen LogP contribution in [0, 0.1) is 12.3 Å². The van der Waals surface area contributed by atoms with Gasteiger partial charge in [-0.25, -0.2) is 0 Å². The van der Waals surface area contributed by atoms with Gasteiger partial charge < -0.3 is 14.4 Å². The van der Waals surface area contributed by atoms with E-state index in [4.69, 9.17) is 9.15 Å². The minimum atomic E-state index is -0.580. The lowest BCUT2D eigenvalue weighted by atomic mass is 9.75. The first-order valence-electron chi connectivity index (χ1n) is 8.84. The lowest BCUT2D eigenvalue weighted by Crippen LogP contribution is -2.41. The number of fused-ring (bicyclic) bond motifs is 1. The zero-order valence-corrected chi connectivity index (χ0v) is 16.3. The Balaban J connectivity index is 1.75. The van der Waals surface area contributed by atoms with Gasteiger partial charge in [0.05, 0.1) is 12.8 Å². The van der Waals surface area contributed by atoms with Gasteiger partial charge in [-0.1, -0.05) is 19.0 Å². The highest BCUT2D eigenvalue weighted by molar-refractivity contribution is 6.07. The molecule has 2 amide bonds. The van der Waals surface area contributed by atoms with Gasteiger partial charge in [0.25, 0.3) is 5.91 Å². The number of amides is 2. The highest BCUT2D eigenvalue weighted by Crippen LogP contribution is 2.38. The smallest absolute Gasteiger partial charge is 0.305 e. The first-order valence-corrected chi connectivity index (χ1v) is 8.84. The van der Waals surface area contributed by atoms with E-state index >= 15 is 0 Å². The number of rotatable bonds is 3. The number of benzene rings is 1. The molecule has 0 bridgehead atoms. The van der Waals surface area contributed by atoms with Crippen LogP contribution >= 0.6 is 0 Å². The molecule has 0 atom stereocenters. The van der Waals surface area contributed by atoms with Crippen LogP contribution in [0.2, 0.25) is 0 Å². The summed E-state index contributed by atoms with van der Waals surface area (Å²) in [6, 6.07) is 6.48. The molecule has 0 saturated heterocycles. The van der Waals surface area contributed by atoms with Gasteiger partial charge in [0.2, 0.25) is 0 Å². The summed E-state index contributed by atoms with van der Waals surface area (Å²) in [6.07, 6.45) is 1.19. The van der Waals surface area contributed by atoms with Crippen molar-refractivity contribution in [1.29, 1.82) is 0 Å². The number of methoxy groups -OCH3 is 1. The fourth-order valence-corrected chi connectivity index (χ4v) is 3.40. The van der Waals surface area contributed by atoms with Crippen LogP contribution in [0.3, 0.4) is 0 Å². The summed E-state index contributed by atoms with van der Waals surface area (Å²) < 4.78 is 10.8. The second kappa shape index (κ2) is 7.38. The van der Waals surface area contributed by atoms with E-state index in [1.165, 1.54) is 7.11 Å². The summed E-state index contributed by atoms with van der Waals surface area (Å²) in [4.78, 5) is 24.7. The van der Waals surface area contributed by atoms with E-state index in [1.807, 2.05) is 13.8 Å². The van der Waals surface area contributed by atoms with Gasteiger partial charge in [0, 0.05) is 23.1 Å². The van der Waals surface area contributed by atoms with Crippen LogP contribution < -0.4 is 15.6 Å². The van der Waals surface area contributed by atoms with E-state index in [9.17, 15) is 14.8 Å². The molecule has 1 aromatic heterocycles. The second-order valence-electron chi connectivity index (χ2n) is 7.56. The molecule has 0 aliphatic heterocycles. The SMILES string of the molecule is COc1ccc(C(=O)NNC(=O)c2oc3c(c2C)/C(=N\O)CC(C)(C)C3)cc1. The molecule has 1 heterocycles. The maximum Gasteiger partial charge on any atom is 0.305 e. The standard InChI is InChI=1S/C20H23N3O5/c1-11-16-14(23-26)9-20(2,3)10-15(16)28-17(11)19(25)22-21-18(24)12-5-7-13(27-4)8-6-12/h5-8,26H,9-10H2,1-4H3,(H,21,24)(H,22,25)/b23-14-. The maximum absolute atomic E-state index is 12.5.